The molecule has 7 aromatic carbocycles. The molecule has 1 aliphatic heterocycles. The smallest absolute Gasteiger partial charge is 0.130 e. The van der Waals surface area contributed by atoms with Crippen LogP contribution < -0.4 is 9.64 Å². The van der Waals surface area contributed by atoms with E-state index in [0.717, 1.165) is 34.7 Å². The molecule has 2 aliphatic carbocycles. The molecule has 2 heterocycles. The van der Waals surface area contributed by atoms with Crippen LogP contribution in [0.5, 0.6) is 5.75 Å². The summed E-state index contributed by atoms with van der Waals surface area (Å²) in [6.45, 7) is 0. The monoisotopic (exact) mass is 733 g/mol. The summed E-state index contributed by atoms with van der Waals surface area (Å²) in [5.74, 6) is 7.83. The number of rotatable bonds is 6. The lowest BCUT2D eigenvalue weighted by molar-refractivity contribution is 0.274. The van der Waals surface area contributed by atoms with Gasteiger partial charge < -0.3 is 9.64 Å². The molecule has 0 N–H and O–H groups in total. The second kappa shape index (κ2) is 13.5. The maximum atomic E-state index is 6.60. The Bertz CT molecular complexity index is 3040. The van der Waals surface area contributed by atoms with E-state index < -0.39 is 0 Å². The second-order valence-electron chi connectivity index (χ2n) is 14.6. The number of anilines is 2. The first-order chi connectivity index (χ1) is 27.7. The van der Waals surface area contributed by atoms with Gasteiger partial charge in [-0.05, 0) is 88.0 Å². The van der Waals surface area contributed by atoms with Gasteiger partial charge in [0, 0.05) is 66.7 Å². The molecule has 0 amide bonds. The van der Waals surface area contributed by atoms with Gasteiger partial charge in [0.05, 0.1) is 5.69 Å². The Morgan fingerprint density at radius 3 is 2.30 bits per heavy atom. The largest absolute Gasteiger partial charge is 0.485 e. The number of allylic oxidation sites excluding steroid dienone is 3. The fourth-order valence-electron chi connectivity index (χ4n) is 8.60. The third-order valence-corrected chi connectivity index (χ3v) is 12.5. The summed E-state index contributed by atoms with van der Waals surface area (Å²) in [6.07, 6.45) is 8.23. The molecule has 1 aromatic heterocycles. The molecule has 264 valence electrons. The fraction of sp³-hybridized carbons (Fsp3) is 0.0566. The summed E-state index contributed by atoms with van der Waals surface area (Å²) in [7, 11) is 0. The molecule has 1 unspecified atom stereocenters. The molecule has 0 spiro atoms. The van der Waals surface area contributed by atoms with Crippen molar-refractivity contribution in [3.63, 3.8) is 0 Å². The zero-order chi connectivity index (χ0) is 37.0. The Hall–Kier alpha value is -6.86. The molecule has 0 saturated heterocycles. The number of para-hydroxylation sites is 2. The van der Waals surface area contributed by atoms with Gasteiger partial charge in [-0.15, -0.1) is 11.3 Å². The van der Waals surface area contributed by atoms with Crippen molar-refractivity contribution < 1.29 is 4.74 Å². The van der Waals surface area contributed by atoms with E-state index in [-0.39, 0.29) is 6.10 Å². The van der Waals surface area contributed by atoms with E-state index in [0.29, 0.717) is 6.42 Å². The van der Waals surface area contributed by atoms with Gasteiger partial charge in [-0.25, -0.2) is 0 Å². The fourth-order valence-corrected chi connectivity index (χ4v) is 9.84. The minimum absolute atomic E-state index is 0.0478. The molecule has 0 bridgehead atoms. The van der Waals surface area contributed by atoms with Gasteiger partial charge in [0.15, 0.2) is 0 Å². The zero-order valence-electron chi connectivity index (χ0n) is 30.6. The van der Waals surface area contributed by atoms with Gasteiger partial charge in [0.25, 0.3) is 0 Å². The van der Waals surface area contributed by atoms with Gasteiger partial charge in [-0.1, -0.05) is 139 Å². The molecule has 0 radical (unpaired) electrons. The van der Waals surface area contributed by atoms with Crippen LogP contribution in [0.25, 0.3) is 59.6 Å². The first-order valence-electron chi connectivity index (χ1n) is 19.2. The summed E-state index contributed by atoms with van der Waals surface area (Å²) >= 11 is 1.88. The maximum Gasteiger partial charge on any atom is 0.130 e. The molecule has 0 fully saturated rings. The zero-order valence-corrected chi connectivity index (χ0v) is 31.4. The van der Waals surface area contributed by atoms with Crippen molar-refractivity contribution >= 4 is 60.1 Å². The predicted molar refractivity (Wildman–Crippen MR) is 236 cm³/mol. The van der Waals surface area contributed by atoms with E-state index in [9.17, 15) is 0 Å². The summed E-state index contributed by atoms with van der Waals surface area (Å²) in [5.41, 5.74) is 15.3. The molecule has 56 heavy (non-hydrogen) atoms. The molecular formula is C53H35NOS. The van der Waals surface area contributed by atoms with Crippen LogP contribution >= 0.6 is 11.3 Å². The molecule has 2 nitrogen and oxygen atoms in total. The normalized spacial score (nSPS) is 15.3. The Balaban J connectivity index is 1.04. The molecule has 8 aromatic rings. The van der Waals surface area contributed by atoms with Crippen LogP contribution in [-0.4, -0.2) is 6.10 Å². The Labute approximate surface area is 331 Å². The van der Waals surface area contributed by atoms with E-state index in [1.165, 1.54) is 70.4 Å². The standard InChI is InChI=1S/C53H35NOS/c1-2-14-36-31-39(18-9-15-35(36)13-1)43-21-3-6-26-49(43)54(42-29-30-46-45-22-4-7-27-50(45)55-51(46)34-42)41-20-11-17-38(33-41)37-16-10-19-40(32-37)44-24-12-25-48-47-23-5-8-28-52(47)56-53(44)48/h1-8,10-14,16-17,19-33,51H,18,34H2. The first kappa shape index (κ1) is 32.6. The second-order valence-corrected chi connectivity index (χ2v) is 15.6. The van der Waals surface area contributed by atoms with Gasteiger partial charge in [-0.3, -0.25) is 0 Å². The number of hydrogen-bond acceptors (Lipinski definition) is 3. The van der Waals surface area contributed by atoms with Gasteiger partial charge >= 0.3 is 0 Å². The Morgan fingerprint density at radius 2 is 1.34 bits per heavy atom. The first-order valence-corrected chi connectivity index (χ1v) is 20.0. The Kier molecular flexibility index (Phi) is 7.83. The number of ether oxygens (including phenoxy) is 1. The van der Waals surface area contributed by atoms with Crippen molar-refractivity contribution in [1.82, 2.24) is 0 Å². The van der Waals surface area contributed by atoms with Gasteiger partial charge in [0.1, 0.15) is 11.9 Å². The van der Waals surface area contributed by atoms with E-state index in [2.05, 4.69) is 199 Å². The van der Waals surface area contributed by atoms with Crippen LogP contribution in [0.4, 0.5) is 11.4 Å². The van der Waals surface area contributed by atoms with Crippen molar-refractivity contribution in [3.05, 3.63) is 204 Å². The highest BCUT2D eigenvalue weighted by atomic mass is 32.1. The number of fused-ring (bicyclic) bond motifs is 7. The SMILES string of the molecule is C1#Cc2ccccc2C=C(c2ccccc2N(C2=CC=C3c4ccccc4OC3C2)c2cccc(-c3cccc(-c4cccc5c4sc4ccccc45)c3)c2)C1. The van der Waals surface area contributed by atoms with Crippen molar-refractivity contribution in [2.45, 2.75) is 18.9 Å². The van der Waals surface area contributed by atoms with E-state index in [1.54, 1.807) is 0 Å². The summed E-state index contributed by atoms with van der Waals surface area (Å²) < 4.78 is 9.25. The molecular weight excluding hydrogens is 699 g/mol. The van der Waals surface area contributed by atoms with Gasteiger partial charge in [-0.2, -0.15) is 0 Å². The van der Waals surface area contributed by atoms with E-state index >= 15 is 0 Å². The number of thiophene rings is 1. The van der Waals surface area contributed by atoms with Crippen LogP contribution in [0, 0.1) is 11.8 Å². The average molecular weight is 734 g/mol. The number of nitrogens with zero attached hydrogens (tertiary/aromatic N) is 1. The minimum Gasteiger partial charge on any atom is -0.485 e. The lowest BCUT2D eigenvalue weighted by Crippen LogP contribution is -2.25. The highest BCUT2D eigenvalue weighted by Gasteiger charge is 2.33. The quantitative estimate of drug-likeness (QED) is 0.158. The highest BCUT2D eigenvalue weighted by molar-refractivity contribution is 7.26. The minimum atomic E-state index is -0.0478. The van der Waals surface area contributed by atoms with Crippen molar-refractivity contribution in [2.75, 3.05) is 4.90 Å². The summed E-state index contributed by atoms with van der Waals surface area (Å²) in [4.78, 5) is 2.45. The van der Waals surface area contributed by atoms with Crippen LogP contribution in [0.1, 0.15) is 35.1 Å². The van der Waals surface area contributed by atoms with Crippen molar-refractivity contribution in [1.29, 1.82) is 0 Å². The maximum absolute atomic E-state index is 6.60. The van der Waals surface area contributed by atoms with Gasteiger partial charge in [0.2, 0.25) is 0 Å². The van der Waals surface area contributed by atoms with Crippen LogP contribution in [0.2, 0.25) is 0 Å². The average Bonchev–Trinajstić information content (AvgIpc) is 3.74. The molecule has 3 heteroatoms. The topological polar surface area (TPSA) is 12.5 Å². The van der Waals surface area contributed by atoms with Crippen LogP contribution in [0.3, 0.4) is 0 Å². The van der Waals surface area contributed by atoms with Crippen molar-refractivity contribution in [2.24, 2.45) is 0 Å². The predicted octanol–water partition coefficient (Wildman–Crippen LogP) is 14.0. The number of benzene rings is 7. The summed E-state index contributed by atoms with van der Waals surface area (Å²) in [6, 6.07) is 59.1. The molecule has 11 rings (SSSR count). The third kappa shape index (κ3) is 5.58. The lowest BCUT2D eigenvalue weighted by atomic mass is 9.92. The molecule has 3 aliphatic rings. The third-order valence-electron chi connectivity index (χ3n) is 11.3. The van der Waals surface area contributed by atoms with Crippen LogP contribution in [0.15, 0.2) is 182 Å². The Morgan fingerprint density at radius 1 is 0.607 bits per heavy atom. The van der Waals surface area contributed by atoms with Crippen molar-refractivity contribution in [3.8, 4) is 39.8 Å². The van der Waals surface area contributed by atoms with E-state index in [1.807, 2.05) is 11.3 Å². The summed E-state index contributed by atoms with van der Waals surface area (Å²) in [5, 5.41) is 2.63. The highest BCUT2D eigenvalue weighted by Crippen LogP contribution is 2.47. The number of hydrogen-bond donors (Lipinski definition) is 0. The molecule has 0 saturated carbocycles. The molecule has 1 atom stereocenters. The van der Waals surface area contributed by atoms with E-state index in [4.69, 9.17) is 4.74 Å². The van der Waals surface area contributed by atoms with Crippen LogP contribution in [-0.2, 0) is 0 Å². The lowest BCUT2D eigenvalue weighted by Gasteiger charge is -2.33.